The first-order valence-corrected chi connectivity index (χ1v) is 7.01. The van der Waals surface area contributed by atoms with Gasteiger partial charge in [0.2, 0.25) is 0 Å². The molecular formula is C17H11ClF3N. The van der Waals surface area contributed by atoms with Crippen molar-refractivity contribution in [2.75, 3.05) is 0 Å². The topological polar surface area (TPSA) is 12.9 Å². The first-order chi connectivity index (χ1) is 10.4. The first kappa shape index (κ1) is 14.9. The van der Waals surface area contributed by atoms with E-state index in [0.717, 1.165) is 5.56 Å². The third kappa shape index (κ3) is 3.07. The standard InChI is InChI=1S/C17H11ClF3N/c18-14-6-7-15-12(10-14)9-13(16(22-15)17(19,20)21)8-11-4-2-1-3-5-11/h1-7,9-10H,8H2. The summed E-state index contributed by atoms with van der Waals surface area (Å²) in [5, 5.41) is 1.08. The van der Waals surface area contributed by atoms with Crippen LogP contribution in [0.1, 0.15) is 16.8 Å². The second-order valence-corrected chi connectivity index (χ2v) is 5.43. The smallest absolute Gasteiger partial charge is 0.243 e. The summed E-state index contributed by atoms with van der Waals surface area (Å²) in [6.45, 7) is 0. The van der Waals surface area contributed by atoms with Gasteiger partial charge in [0.15, 0.2) is 0 Å². The van der Waals surface area contributed by atoms with Gasteiger partial charge in [-0.2, -0.15) is 13.2 Å². The fraction of sp³-hybridized carbons (Fsp3) is 0.118. The van der Waals surface area contributed by atoms with Crippen LogP contribution in [0.25, 0.3) is 10.9 Å². The maximum absolute atomic E-state index is 13.3. The van der Waals surface area contributed by atoms with Crippen molar-refractivity contribution in [1.29, 1.82) is 0 Å². The molecule has 0 aliphatic carbocycles. The summed E-state index contributed by atoms with van der Waals surface area (Å²) < 4.78 is 39.8. The third-order valence-electron chi connectivity index (χ3n) is 3.36. The van der Waals surface area contributed by atoms with Crippen LogP contribution in [0.3, 0.4) is 0 Å². The Morgan fingerprint density at radius 2 is 1.68 bits per heavy atom. The molecule has 3 rings (SSSR count). The molecule has 0 saturated carbocycles. The van der Waals surface area contributed by atoms with Crippen molar-refractivity contribution in [2.45, 2.75) is 12.6 Å². The number of benzene rings is 2. The van der Waals surface area contributed by atoms with Crippen LogP contribution in [0, 0.1) is 0 Å². The molecule has 0 N–H and O–H groups in total. The molecule has 0 fully saturated rings. The van der Waals surface area contributed by atoms with Crippen molar-refractivity contribution in [3.8, 4) is 0 Å². The molecule has 0 radical (unpaired) electrons. The fourth-order valence-corrected chi connectivity index (χ4v) is 2.57. The predicted octanol–water partition coefficient (Wildman–Crippen LogP) is 5.50. The summed E-state index contributed by atoms with van der Waals surface area (Å²) in [5.41, 5.74) is 0.393. The van der Waals surface area contributed by atoms with Gasteiger partial charge in [-0.05, 0) is 41.8 Å². The molecule has 112 valence electrons. The highest BCUT2D eigenvalue weighted by molar-refractivity contribution is 6.31. The van der Waals surface area contributed by atoms with Crippen LogP contribution in [0.4, 0.5) is 13.2 Å². The zero-order valence-corrected chi connectivity index (χ0v) is 12.1. The maximum atomic E-state index is 13.3. The van der Waals surface area contributed by atoms with Crippen LogP contribution in [-0.4, -0.2) is 4.98 Å². The van der Waals surface area contributed by atoms with E-state index in [1.807, 2.05) is 6.07 Å². The Bertz CT molecular complexity index is 813. The number of fused-ring (bicyclic) bond motifs is 1. The number of hydrogen-bond donors (Lipinski definition) is 0. The van der Waals surface area contributed by atoms with Crippen molar-refractivity contribution >= 4 is 22.5 Å². The summed E-state index contributed by atoms with van der Waals surface area (Å²) in [6.07, 6.45) is -4.32. The van der Waals surface area contributed by atoms with E-state index in [1.54, 1.807) is 30.3 Å². The Labute approximate surface area is 130 Å². The molecule has 0 aliphatic heterocycles. The maximum Gasteiger partial charge on any atom is 0.433 e. The zero-order chi connectivity index (χ0) is 15.7. The minimum atomic E-state index is -4.49. The summed E-state index contributed by atoms with van der Waals surface area (Å²) >= 11 is 5.91. The lowest BCUT2D eigenvalue weighted by atomic mass is 10.0. The molecule has 22 heavy (non-hydrogen) atoms. The lowest BCUT2D eigenvalue weighted by molar-refractivity contribution is -0.141. The lowest BCUT2D eigenvalue weighted by Gasteiger charge is -2.13. The van der Waals surface area contributed by atoms with E-state index in [2.05, 4.69) is 4.98 Å². The Morgan fingerprint density at radius 3 is 2.36 bits per heavy atom. The molecule has 0 atom stereocenters. The zero-order valence-electron chi connectivity index (χ0n) is 11.4. The summed E-state index contributed by atoms with van der Waals surface area (Å²) in [5.74, 6) is 0. The summed E-state index contributed by atoms with van der Waals surface area (Å²) in [7, 11) is 0. The number of halogens is 4. The minimum absolute atomic E-state index is 0.147. The number of nitrogens with zero attached hydrogens (tertiary/aromatic N) is 1. The van der Waals surface area contributed by atoms with E-state index in [1.165, 1.54) is 18.2 Å². The lowest BCUT2D eigenvalue weighted by Crippen LogP contribution is -2.12. The first-order valence-electron chi connectivity index (χ1n) is 6.64. The van der Waals surface area contributed by atoms with E-state index < -0.39 is 11.9 Å². The molecule has 0 amide bonds. The Kier molecular flexibility index (Phi) is 3.79. The fourth-order valence-electron chi connectivity index (χ4n) is 2.39. The van der Waals surface area contributed by atoms with E-state index in [-0.39, 0.29) is 17.5 Å². The van der Waals surface area contributed by atoms with E-state index in [9.17, 15) is 13.2 Å². The van der Waals surface area contributed by atoms with Crippen molar-refractivity contribution in [3.05, 3.63) is 76.4 Å². The number of rotatable bonds is 2. The molecular weight excluding hydrogens is 311 g/mol. The molecule has 1 nitrogen and oxygen atoms in total. The highest BCUT2D eigenvalue weighted by Gasteiger charge is 2.35. The van der Waals surface area contributed by atoms with Gasteiger partial charge in [0.05, 0.1) is 5.52 Å². The van der Waals surface area contributed by atoms with Gasteiger partial charge in [-0.25, -0.2) is 4.98 Å². The minimum Gasteiger partial charge on any atom is -0.243 e. The molecule has 1 aromatic heterocycles. The Hall–Kier alpha value is -2.07. The predicted molar refractivity (Wildman–Crippen MR) is 81.0 cm³/mol. The number of aromatic nitrogens is 1. The SMILES string of the molecule is FC(F)(F)c1nc2ccc(Cl)cc2cc1Cc1ccccc1. The molecule has 0 bridgehead atoms. The Morgan fingerprint density at radius 1 is 0.955 bits per heavy atom. The largest absolute Gasteiger partial charge is 0.433 e. The summed E-state index contributed by atoms with van der Waals surface area (Å²) in [4.78, 5) is 3.80. The van der Waals surface area contributed by atoms with Crippen LogP contribution in [0.5, 0.6) is 0 Å². The second kappa shape index (κ2) is 5.61. The van der Waals surface area contributed by atoms with Gasteiger partial charge >= 0.3 is 6.18 Å². The molecule has 3 aromatic rings. The molecule has 0 aliphatic rings. The van der Waals surface area contributed by atoms with Crippen LogP contribution in [0.2, 0.25) is 5.02 Å². The van der Waals surface area contributed by atoms with Crippen molar-refractivity contribution in [2.24, 2.45) is 0 Å². The van der Waals surface area contributed by atoms with Gasteiger partial charge in [0, 0.05) is 10.4 Å². The van der Waals surface area contributed by atoms with Crippen molar-refractivity contribution in [3.63, 3.8) is 0 Å². The molecule has 5 heteroatoms. The van der Waals surface area contributed by atoms with Gasteiger partial charge in [-0.3, -0.25) is 0 Å². The molecule has 2 aromatic carbocycles. The normalized spacial score (nSPS) is 11.8. The van der Waals surface area contributed by atoms with Gasteiger partial charge < -0.3 is 0 Å². The van der Waals surface area contributed by atoms with E-state index >= 15 is 0 Å². The van der Waals surface area contributed by atoms with E-state index in [4.69, 9.17) is 11.6 Å². The number of pyridine rings is 1. The van der Waals surface area contributed by atoms with Crippen LogP contribution >= 0.6 is 11.6 Å². The highest BCUT2D eigenvalue weighted by Crippen LogP contribution is 2.34. The average Bonchev–Trinajstić information content (AvgIpc) is 2.46. The van der Waals surface area contributed by atoms with Crippen molar-refractivity contribution in [1.82, 2.24) is 4.98 Å². The Balaban J connectivity index is 2.16. The van der Waals surface area contributed by atoms with Crippen LogP contribution in [0.15, 0.2) is 54.6 Å². The van der Waals surface area contributed by atoms with Crippen molar-refractivity contribution < 1.29 is 13.2 Å². The monoisotopic (exact) mass is 321 g/mol. The molecule has 1 heterocycles. The number of hydrogen-bond acceptors (Lipinski definition) is 1. The van der Waals surface area contributed by atoms with Crippen LogP contribution in [-0.2, 0) is 12.6 Å². The third-order valence-corrected chi connectivity index (χ3v) is 3.60. The quantitative estimate of drug-likeness (QED) is 0.607. The van der Waals surface area contributed by atoms with Gasteiger partial charge in [-0.1, -0.05) is 41.9 Å². The highest BCUT2D eigenvalue weighted by atomic mass is 35.5. The van der Waals surface area contributed by atoms with Gasteiger partial charge in [-0.15, -0.1) is 0 Å². The van der Waals surface area contributed by atoms with Gasteiger partial charge in [0.1, 0.15) is 5.69 Å². The number of alkyl halides is 3. The van der Waals surface area contributed by atoms with Gasteiger partial charge in [0.25, 0.3) is 0 Å². The molecule has 0 saturated heterocycles. The molecule has 0 unspecified atom stereocenters. The molecule has 0 spiro atoms. The van der Waals surface area contributed by atoms with Crippen LogP contribution < -0.4 is 0 Å². The average molecular weight is 322 g/mol. The summed E-state index contributed by atoms with van der Waals surface area (Å²) in [6, 6.07) is 15.2. The van der Waals surface area contributed by atoms with E-state index in [0.29, 0.717) is 10.4 Å². The second-order valence-electron chi connectivity index (χ2n) is 4.99.